The summed E-state index contributed by atoms with van der Waals surface area (Å²) in [7, 11) is 0. The van der Waals surface area contributed by atoms with Crippen LogP contribution in [0.15, 0.2) is 41.1 Å². The summed E-state index contributed by atoms with van der Waals surface area (Å²) in [6.07, 6.45) is -3.32. The average molecular weight is 474 g/mol. The van der Waals surface area contributed by atoms with Crippen molar-refractivity contribution >= 4 is 29.2 Å². The van der Waals surface area contributed by atoms with Crippen LogP contribution in [-0.2, 0) is 4.74 Å². The molecule has 0 radical (unpaired) electrons. The zero-order valence-corrected chi connectivity index (χ0v) is 17.8. The minimum Gasteiger partial charge on any atom is -0.460 e. The maximum absolute atomic E-state index is 13.9. The summed E-state index contributed by atoms with van der Waals surface area (Å²) in [6.45, 7) is 3.20. The lowest BCUT2D eigenvalue weighted by molar-refractivity contribution is -0.154. The molecule has 0 saturated carbocycles. The molecule has 11 heteroatoms. The number of alkyl halides is 3. The van der Waals surface area contributed by atoms with E-state index >= 15 is 0 Å². The van der Waals surface area contributed by atoms with Crippen molar-refractivity contribution in [2.75, 3.05) is 6.61 Å². The number of ether oxygens (including phenoxy) is 1. The van der Waals surface area contributed by atoms with E-state index in [1.807, 2.05) is 0 Å². The number of esters is 1. The fraction of sp³-hybridized carbons (Fsp3) is 0.300. The molecule has 2 heterocycles. The molecule has 0 fully saturated rings. The predicted molar refractivity (Wildman–Crippen MR) is 107 cm³/mol. The van der Waals surface area contributed by atoms with Gasteiger partial charge < -0.3 is 9.26 Å². The lowest BCUT2D eigenvalue weighted by Crippen LogP contribution is -2.26. The Morgan fingerprint density at radius 3 is 2.58 bits per heavy atom. The van der Waals surface area contributed by atoms with Gasteiger partial charge in [0, 0.05) is 16.8 Å². The monoisotopic (exact) mass is 473 g/mol. The number of pyridine rings is 1. The number of rotatable bonds is 6. The molecule has 1 aromatic carbocycles. The Morgan fingerprint density at radius 1 is 1.23 bits per heavy atom. The van der Waals surface area contributed by atoms with Crippen LogP contribution in [0.25, 0.3) is 11.5 Å². The van der Waals surface area contributed by atoms with Crippen molar-refractivity contribution < 1.29 is 27.2 Å². The fourth-order valence-corrected chi connectivity index (χ4v) is 3.74. The average Bonchev–Trinajstić information content (AvgIpc) is 3.17. The highest BCUT2D eigenvalue weighted by atomic mass is 35.5. The first-order valence-corrected chi connectivity index (χ1v) is 9.86. The van der Waals surface area contributed by atoms with Gasteiger partial charge in [-0.05, 0) is 53.4 Å². The molecule has 3 rings (SSSR count). The zero-order chi connectivity index (χ0) is 22.8. The van der Waals surface area contributed by atoms with Gasteiger partial charge in [-0.1, -0.05) is 36.2 Å². The highest BCUT2D eigenvalue weighted by Crippen LogP contribution is 2.46. The lowest BCUT2D eigenvalue weighted by atomic mass is 9.82. The third-order valence-corrected chi connectivity index (χ3v) is 5.12. The molecule has 0 N–H and O–H groups in total. The number of nitrogens with zero attached hydrogens (tertiary/aromatic N) is 3. The van der Waals surface area contributed by atoms with Gasteiger partial charge in [-0.25, -0.2) is 9.78 Å². The van der Waals surface area contributed by atoms with Crippen molar-refractivity contribution in [1.29, 1.82) is 0 Å². The summed E-state index contributed by atoms with van der Waals surface area (Å²) in [6, 6.07) is 6.82. The molecule has 0 spiro atoms. The van der Waals surface area contributed by atoms with Crippen LogP contribution in [0.2, 0.25) is 10.2 Å². The maximum atomic E-state index is 13.9. The number of carbonyl (C=O) groups excluding carboxylic acids is 1. The third-order valence-electron chi connectivity index (χ3n) is 4.58. The van der Waals surface area contributed by atoms with Crippen molar-refractivity contribution in [1.82, 2.24) is 15.1 Å². The van der Waals surface area contributed by atoms with Crippen LogP contribution < -0.4 is 0 Å². The zero-order valence-electron chi connectivity index (χ0n) is 16.3. The van der Waals surface area contributed by atoms with Crippen molar-refractivity contribution in [3.8, 4) is 11.5 Å². The van der Waals surface area contributed by atoms with E-state index in [2.05, 4.69) is 15.1 Å². The summed E-state index contributed by atoms with van der Waals surface area (Å²) in [5.41, 5.74) is 0.599. The topological polar surface area (TPSA) is 78.1 Å². The minimum absolute atomic E-state index is 0.0163. The molecule has 3 aromatic rings. The number of hydrogen-bond acceptors (Lipinski definition) is 6. The second kappa shape index (κ2) is 9.23. The lowest BCUT2D eigenvalue weighted by Gasteiger charge is -2.28. The number of hydrogen-bond donors (Lipinski definition) is 0. The molecule has 0 bridgehead atoms. The summed E-state index contributed by atoms with van der Waals surface area (Å²) >= 11 is 12.1. The first kappa shape index (κ1) is 23.0. The van der Waals surface area contributed by atoms with Crippen LogP contribution in [0.1, 0.15) is 47.4 Å². The van der Waals surface area contributed by atoms with Crippen LogP contribution in [0, 0.1) is 0 Å². The van der Waals surface area contributed by atoms with Gasteiger partial charge in [-0.15, -0.1) is 0 Å². The molecule has 31 heavy (non-hydrogen) atoms. The Morgan fingerprint density at radius 2 is 1.97 bits per heavy atom. The van der Waals surface area contributed by atoms with Gasteiger partial charge in [0.2, 0.25) is 0 Å². The number of halogens is 5. The van der Waals surface area contributed by atoms with Crippen molar-refractivity contribution in [2.45, 2.75) is 31.9 Å². The normalized spacial score (nSPS) is 13.6. The largest absolute Gasteiger partial charge is 0.460 e. The molecular weight excluding hydrogens is 458 g/mol. The van der Waals surface area contributed by atoms with Crippen LogP contribution >= 0.6 is 23.2 Å². The minimum atomic E-state index is -4.55. The Hall–Kier alpha value is -2.65. The predicted octanol–water partition coefficient (Wildman–Crippen LogP) is 6.06. The molecule has 2 aromatic heterocycles. The molecule has 0 amide bonds. The quantitative estimate of drug-likeness (QED) is 0.319. The molecule has 0 aliphatic rings. The summed E-state index contributed by atoms with van der Waals surface area (Å²) in [5, 5.41) is 3.58. The third kappa shape index (κ3) is 5.16. The maximum Gasteiger partial charge on any atom is 0.396 e. The van der Waals surface area contributed by atoms with Gasteiger partial charge in [0.05, 0.1) is 12.5 Å². The molecule has 0 aliphatic carbocycles. The van der Waals surface area contributed by atoms with Crippen LogP contribution in [0.4, 0.5) is 13.2 Å². The van der Waals surface area contributed by atoms with Crippen molar-refractivity contribution in [3.05, 3.63) is 63.7 Å². The van der Waals surface area contributed by atoms with Crippen LogP contribution in [0.3, 0.4) is 0 Å². The highest BCUT2D eigenvalue weighted by molar-refractivity contribution is 6.31. The van der Waals surface area contributed by atoms with E-state index in [4.69, 9.17) is 32.5 Å². The van der Waals surface area contributed by atoms with Gasteiger partial charge >= 0.3 is 12.1 Å². The molecule has 2 unspecified atom stereocenters. The van der Waals surface area contributed by atoms with E-state index < -0.39 is 24.0 Å². The summed E-state index contributed by atoms with van der Waals surface area (Å²) in [4.78, 5) is 19.3. The number of carbonyl (C=O) groups is 1. The van der Waals surface area contributed by atoms with Gasteiger partial charge in [-0.3, -0.25) is 0 Å². The molecule has 0 saturated heterocycles. The smallest absolute Gasteiger partial charge is 0.396 e. The highest BCUT2D eigenvalue weighted by Gasteiger charge is 2.45. The first-order chi connectivity index (χ1) is 14.6. The molecular formula is C20H16Cl2F3N3O3. The molecule has 0 aliphatic heterocycles. The Kier molecular flexibility index (Phi) is 6.86. The van der Waals surface area contributed by atoms with Crippen LogP contribution in [-0.4, -0.2) is 33.9 Å². The van der Waals surface area contributed by atoms with E-state index in [1.165, 1.54) is 43.5 Å². The number of benzene rings is 1. The van der Waals surface area contributed by atoms with Gasteiger partial charge in [-0.2, -0.15) is 18.2 Å². The van der Waals surface area contributed by atoms with Crippen molar-refractivity contribution in [2.24, 2.45) is 0 Å². The van der Waals surface area contributed by atoms with E-state index in [1.54, 1.807) is 6.92 Å². The second-order valence-corrected chi connectivity index (χ2v) is 7.39. The molecule has 2 atom stereocenters. The first-order valence-electron chi connectivity index (χ1n) is 9.10. The van der Waals surface area contributed by atoms with Gasteiger partial charge in [0.25, 0.3) is 11.7 Å². The molecule has 6 nitrogen and oxygen atoms in total. The Labute approximate surface area is 185 Å². The standard InChI is InChI=1S/C20H16Cl2F3N3O3/c1-3-30-19(29)17-27-18(31-28-17)12-4-5-13(14(21)8-12)10(2)16(20(23,24)25)11-6-7-26-15(22)9-11/h4-10,16H,3H2,1-2H3. The van der Waals surface area contributed by atoms with Gasteiger partial charge in [0.15, 0.2) is 0 Å². The fourth-order valence-electron chi connectivity index (χ4n) is 3.20. The van der Waals surface area contributed by atoms with E-state index in [-0.39, 0.29) is 39.6 Å². The SMILES string of the molecule is CCOC(=O)c1noc(-c2ccc(C(C)C(c3ccnc(Cl)c3)C(F)(F)F)c(Cl)c2)n1. The Bertz CT molecular complexity index is 1090. The summed E-state index contributed by atoms with van der Waals surface area (Å²) < 4.78 is 51.5. The van der Waals surface area contributed by atoms with Crippen LogP contribution in [0.5, 0.6) is 0 Å². The Balaban J connectivity index is 1.93. The van der Waals surface area contributed by atoms with E-state index in [0.29, 0.717) is 5.56 Å². The number of aromatic nitrogens is 3. The van der Waals surface area contributed by atoms with E-state index in [9.17, 15) is 18.0 Å². The van der Waals surface area contributed by atoms with E-state index in [0.717, 1.165) is 0 Å². The summed E-state index contributed by atoms with van der Waals surface area (Å²) in [5.74, 6) is -3.92. The molecule has 164 valence electrons. The van der Waals surface area contributed by atoms with Crippen molar-refractivity contribution in [3.63, 3.8) is 0 Å². The van der Waals surface area contributed by atoms with Gasteiger partial charge in [0.1, 0.15) is 5.15 Å². The second-order valence-electron chi connectivity index (χ2n) is 6.60.